The molecule has 0 heterocycles. The van der Waals surface area contributed by atoms with Crippen LogP contribution in [0.3, 0.4) is 0 Å². The number of unbranched alkanes of at least 4 members (excludes halogenated alkanes) is 2. The molecule has 3 heteroatoms. The number of halogens is 1. The third-order valence-corrected chi connectivity index (χ3v) is 3.42. The predicted octanol–water partition coefficient (Wildman–Crippen LogP) is 4.25. The molecule has 0 saturated heterocycles. The Labute approximate surface area is 116 Å². The summed E-state index contributed by atoms with van der Waals surface area (Å²) in [5.74, 6) is -0.200. The van der Waals surface area contributed by atoms with Crippen LogP contribution in [0.1, 0.15) is 58.6 Å². The lowest BCUT2D eigenvalue weighted by Crippen LogP contribution is -2.33. The van der Waals surface area contributed by atoms with Crippen LogP contribution in [0.25, 0.3) is 0 Å². The van der Waals surface area contributed by atoms with E-state index in [2.05, 4.69) is 25.7 Å². The molecule has 2 N–H and O–H groups in total. The second kappa shape index (κ2) is 7.49. The van der Waals surface area contributed by atoms with Gasteiger partial charge in [-0.25, -0.2) is 4.39 Å². The molecule has 0 aliphatic carbocycles. The molecule has 0 saturated carbocycles. The van der Waals surface area contributed by atoms with Crippen molar-refractivity contribution in [1.82, 2.24) is 0 Å². The van der Waals surface area contributed by atoms with E-state index in [9.17, 15) is 4.39 Å². The quantitative estimate of drug-likeness (QED) is 0.747. The van der Waals surface area contributed by atoms with Crippen molar-refractivity contribution in [2.45, 2.75) is 59.0 Å². The van der Waals surface area contributed by atoms with E-state index < -0.39 is 0 Å². The number of rotatable bonds is 7. The molecule has 1 aromatic carbocycles. The second-order valence-electron chi connectivity index (χ2n) is 5.46. The zero-order valence-electron chi connectivity index (χ0n) is 12.6. The lowest BCUT2D eigenvalue weighted by atomic mass is 10.0. The van der Waals surface area contributed by atoms with E-state index in [1.165, 1.54) is 18.9 Å². The molecule has 0 radical (unpaired) electrons. The number of hydrogen-bond donors (Lipinski definition) is 1. The number of nitrogens with zero attached hydrogens (tertiary/aromatic N) is 1. The van der Waals surface area contributed by atoms with Crippen molar-refractivity contribution in [2.24, 2.45) is 5.73 Å². The Morgan fingerprint density at radius 3 is 2.42 bits per heavy atom. The van der Waals surface area contributed by atoms with Crippen LogP contribution < -0.4 is 10.6 Å². The number of nitrogens with two attached hydrogens (primary N) is 1. The van der Waals surface area contributed by atoms with Crippen LogP contribution in [0.15, 0.2) is 18.2 Å². The fourth-order valence-corrected chi connectivity index (χ4v) is 2.42. The first-order chi connectivity index (χ1) is 8.99. The highest BCUT2D eigenvalue weighted by molar-refractivity contribution is 5.56. The first-order valence-corrected chi connectivity index (χ1v) is 7.29. The third-order valence-electron chi connectivity index (χ3n) is 3.42. The van der Waals surface area contributed by atoms with Crippen LogP contribution in [0.4, 0.5) is 10.1 Å². The molecule has 0 bridgehead atoms. The Hall–Kier alpha value is -1.09. The summed E-state index contributed by atoms with van der Waals surface area (Å²) in [7, 11) is 0. The summed E-state index contributed by atoms with van der Waals surface area (Å²) in [5.41, 5.74) is 7.52. The van der Waals surface area contributed by atoms with E-state index in [-0.39, 0.29) is 11.9 Å². The van der Waals surface area contributed by atoms with Gasteiger partial charge >= 0.3 is 0 Å². The normalized spacial score (nSPS) is 12.8. The summed E-state index contributed by atoms with van der Waals surface area (Å²) in [4.78, 5) is 2.26. The molecule has 0 unspecified atom stereocenters. The minimum atomic E-state index is -0.288. The van der Waals surface area contributed by atoms with Crippen LogP contribution in [-0.4, -0.2) is 12.6 Å². The maximum Gasteiger partial charge on any atom is 0.130 e. The molecule has 0 fully saturated rings. The average molecular weight is 266 g/mol. The molecule has 0 aliphatic rings. The summed E-state index contributed by atoms with van der Waals surface area (Å²) >= 11 is 0. The summed E-state index contributed by atoms with van der Waals surface area (Å²) < 4.78 is 14.0. The minimum absolute atomic E-state index is 0.200. The first kappa shape index (κ1) is 16.0. The van der Waals surface area contributed by atoms with Gasteiger partial charge < -0.3 is 10.6 Å². The van der Waals surface area contributed by atoms with E-state index in [1.807, 2.05) is 13.0 Å². The van der Waals surface area contributed by atoms with Gasteiger partial charge in [-0.2, -0.15) is 0 Å². The number of hydrogen-bond acceptors (Lipinski definition) is 2. The highest BCUT2D eigenvalue weighted by Gasteiger charge is 2.19. The van der Waals surface area contributed by atoms with Crippen molar-refractivity contribution in [3.05, 3.63) is 29.6 Å². The Bertz CT molecular complexity index is 388. The zero-order valence-corrected chi connectivity index (χ0v) is 12.6. The summed E-state index contributed by atoms with van der Waals surface area (Å²) in [6, 6.07) is 5.30. The molecular formula is C16H27FN2. The van der Waals surface area contributed by atoms with Gasteiger partial charge in [-0.3, -0.25) is 0 Å². The molecule has 1 rings (SSSR count). The topological polar surface area (TPSA) is 29.3 Å². The zero-order chi connectivity index (χ0) is 14.4. The van der Waals surface area contributed by atoms with Crippen molar-refractivity contribution >= 4 is 5.69 Å². The minimum Gasteiger partial charge on any atom is -0.369 e. The average Bonchev–Trinajstić information content (AvgIpc) is 2.33. The maximum atomic E-state index is 14.0. The van der Waals surface area contributed by atoms with E-state index in [0.717, 1.165) is 18.7 Å². The maximum absolute atomic E-state index is 14.0. The van der Waals surface area contributed by atoms with Crippen molar-refractivity contribution in [1.29, 1.82) is 0 Å². The first-order valence-electron chi connectivity index (χ1n) is 7.29. The van der Waals surface area contributed by atoms with Gasteiger partial charge in [0.25, 0.3) is 0 Å². The highest BCUT2D eigenvalue weighted by atomic mass is 19.1. The molecule has 2 nitrogen and oxygen atoms in total. The van der Waals surface area contributed by atoms with Crippen LogP contribution in [0.2, 0.25) is 0 Å². The molecule has 0 aliphatic heterocycles. The largest absolute Gasteiger partial charge is 0.369 e. The summed E-state index contributed by atoms with van der Waals surface area (Å²) in [6.45, 7) is 9.26. The third kappa shape index (κ3) is 4.20. The van der Waals surface area contributed by atoms with Gasteiger partial charge in [-0.1, -0.05) is 25.8 Å². The SMILES string of the molecule is CCCCCN(c1cccc(F)c1[C@@H](C)N)C(C)C. The molecular weight excluding hydrogens is 239 g/mol. The monoisotopic (exact) mass is 266 g/mol. The number of anilines is 1. The Kier molecular flexibility index (Phi) is 6.29. The predicted molar refractivity (Wildman–Crippen MR) is 81.0 cm³/mol. The van der Waals surface area contributed by atoms with Crippen molar-refractivity contribution in [2.75, 3.05) is 11.4 Å². The van der Waals surface area contributed by atoms with E-state index >= 15 is 0 Å². The van der Waals surface area contributed by atoms with E-state index in [0.29, 0.717) is 11.6 Å². The van der Waals surface area contributed by atoms with Gasteiger partial charge in [-0.15, -0.1) is 0 Å². The van der Waals surface area contributed by atoms with Crippen molar-refractivity contribution in [3.8, 4) is 0 Å². The molecule has 19 heavy (non-hydrogen) atoms. The van der Waals surface area contributed by atoms with Crippen molar-refractivity contribution < 1.29 is 4.39 Å². The van der Waals surface area contributed by atoms with Crippen LogP contribution >= 0.6 is 0 Å². The Morgan fingerprint density at radius 1 is 1.21 bits per heavy atom. The molecule has 0 amide bonds. The summed E-state index contributed by atoms with van der Waals surface area (Å²) in [6.07, 6.45) is 3.52. The highest BCUT2D eigenvalue weighted by Crippen LogP contribution is 2.29. The molecule has 108 valence electrons. The standard InChI is InChI=1S/C16H27FN2/c1-5-6-7-11-19(12(2)3)15-10-8-9-14(17)16(15)13(4)18/h8-10,12-13H,5-7,11,18H2,1-4H3/t13-/m1/s1. The van der Waals surface area contributed by atoms with Gasteiger partial charge in [0.05, 0.1) is 0 Å². The molecule has 1 atom stereocenters. The van der Waals surface area contributed by atoms with E-state index in [1.54, 1.807) is 6.07 Å². The Balaban J connectivity index is 3.05. The lowest BCUT2D eigenvalue weighted by molar-refractivity contribution is 0.580. The van der Waals surface area contributed by atoms with Crippen LogP contribution in [0.5, 0.6) is 0 Å². The van der Waals surface area contributed by atoms with Gasteiger partial charge in [0.15, 0.2) is 0 Å². The Morgan fingerprint density at radius 2 is 1.89 bits per heavy atom. The van der Waals surface area contributed by atoms with Crippen molar-refractivity contribution in [3.63, 3.8) is 0 Å². The van der Waals surface area contributed by atoms with Gasteiger partial charge in [0.2, 0.25) is 0 Å². The van der Waals surface area contributed by atoms with Gasteiger partial charge in [0.1, 0.15) is 5.82 Å². The lowest BCUT2D eigenvalue weighted by Gasteiger charge is -2.32. The van der Waals surface area contributed by atoms with E-state index in [4.69, 9.17) is 5.73 Å². The van der Waals surface area contributed by atoms with Crippen LogP contribution in [-0.2, 0) is 0 Å². The molecule has 0 aromatic heterocycles. The molecule has 1 aromatic rings. The van der Waals surface area contributed by atoms with Gasteiger partial charge in [0, 0.05) is 29.9 Å². The van der Waals surface area contributed by atoms with Crippen LogP contribution in [0, 0.1) is 5.82 Å². The summed E-state index contributed by atoms with van der Waals surface area (Å²) in [5, 5.41) is 0. The second-order valence-corrected chi connectivity index (χ2v) is 5.46. The van der Waals surface area contributed by atoms with Gasteiger partial charge in [-0.05, 0) is 39.3 Å². The fourth-order valence-electron chi connectivity index (χ4n) is 2.42. The fraction of sp³-hybridized carbons (Fsp3) is 0.625. The number of benzene rings is 1. The molecule has 0 spiro atoms. The smallest absolute Gasteiger partial charge is 0.130 e.